The van der Waals surface area contributed by atoms with Crippen LogP contribution in [0.3, 0.4) is 0 Å². The van der Waals surface area contributed by atoms with Crippen LogP contribution in [0, 0.1) is 0 Å². The van der Waals surface area contributed by atoms with Crippen LogP contribution in [-0.2, 0) is 27.9 Å². The lowest BCUT2D eigenvalue weighted by molar-refractivity contribution is -0.870. The van der Waals surface area contributed by atoms with Crippen LogP contribution in [0.4, 0.5) is 0 Å². The van der Waals surface area contributed by atoms with Crippen molar-refractivity contribution in [3.63, 3.8) is 0 Å². The Balaban J connectivity index is 4.36. The van der Waals surface area contributed by atoms with E-state index in [0.29, 0.717) is 24.1 Å². The number of ether oxygens (including phenoxy) is 2. The van der Waals surface area contributed by atoms with Gasteiger partial charge in [-0.3, -0.25) is 13.8 Å². The summed E-state index contributed by atoms with van der Waals surface area (Å²) in [6.07, 6.45) is 29.2. The Labute approximate surface area is 271 Å². The maximum atomic E-state index is 12.5. The molecule has 0 heterocycles. The number of nitrogens with zero attached hydrogens (tertiary/aromatic N) is 1. The van der Waals surface area contributed by atoms with Gasteiger partial charge in [0.15, 0.2) is 0 Å². The number of hydrogen-bond donors (Lipinski definition) is 1. The zero-order chi connectivity index (χ0) is 32.8. The van der Waals surface area contributed by atoms with Crippen molar-refractivity contribution in [1.82, 2.24) is 0 Å². The summed E-state index contributed by atoms with van der Waals surface area (Å²) in [7, 11) is 1.65. The number of phosphoric ester groups is 1. The second-order valence-corrected chi connectivity index (χ2v) is 14.3. The van der Waals surface area contributed by atoms with Crippen LogP contribution < -0.4 is 0 Å². The molecule has 0 rings (SSSR count). The van der Waals surface area contributed by atoms with Crippen molar-refractivity contribution < 1.29 is 37.3 Å². The number of hydrogen-bond acceptors (Lipinski definition) is 6. The van der Waals surface area contributed by atoms with Crippen LogP contribution in [0.25, 0.3) is 0 Å². The van der Waals surface area contributed by atoms with E-state index in [2.05, 4.69) is 38.2 Å². The first-order chi connectivity index (χ1) is 21.1. The van der Waals surface area contributed by atoms with Crippen molar-refractivity contribution >= 4 is 13.8 Å². The first-order valence-corrected chi connectivity index (χ1v) is 19.1. The van der Waals surface area contributed by atoms with Gasteiger partial charge in [0.1, 0.15) is 19.3 Å². The van der Waals surface area contributed by atoms with Gasteiger partial charge in [0.2, 0.25) is 0 Å². The number of allylic oxidation sites excluding steroid dienone is 4. The second-order valence-electron chi connectivity index (χ2n) is 12.9. The van der Waals surface area contributed by atoms with E-state index in [0.717, 1.165) is 51.4 Å². The molecule has 0 aliphatic carbocycles. The molecule has 0 aromatic heterocycles. The summed E-state index contributed by atoms with van der Waals surface area (Å²) >= 11 is 0. The van der Waals surface area contributed by atoms with Crippen LogP contribution in [0.2, 0.25) is 0 Å². The minimum absolute atomic E-state index is 0.0862. The third-order valence-corrected chi connectivity index (χ3v) is 8.20. The van der Waals surface area contributed by atoms with Gasteiger partial charge < -0.3 is 18.9 Å². The molecule has 1 N–H and O–H groups in total. The van der Waals surface area contributed by atoms with E-state index in [9.17, 15) is 14.3 Å². The highest BCUT2D eigenvalue weighted by Crippen LogP contribution is 2.43. The van der Waals surface area contributed by atoms with Crippen LogP contribution in [0.5, 0.6) is 0 Å². The van der Waals surface area contributed by atoms with Crippen molar-refractivity contribution in [3.8, 4) is 0 Å². The smallest absolute Gasteiger partial charge is 0.457 e. The number of unbranched alkanes of at least 4 members (excludes halogenated alkanes) is 14. The van der Waals surface area contributed by atoms with Crippen molar-refractivity contribution in [3.05, 3.63) is 24.3 Å². The van der Waals surface area contributed by atoms with E-state index in [1.165, 1.54) is 64.2 Å². The number of carbonyl (C=O) groups is 1. The Morgan fingerprint density at radius 3 is 1.82 bits per heavy atom. The molecule has 0 aliphatic rings. The van der Waals surface area contributed by atoms with Crippen LogP contribution in [0.1, 0.15) is 136 Å². The summed E-state index contributed by atoms with van der Waals surface area (Å²) < 4.78 is 34.7. The van der Waals surface area contributed by atoms with Crippen molar-refractivity contribution in [2.24, 2.45) is 0 Å². The van der Waals surface area contributed by atoms with Crippen molar-refractivity contribution in [1.29, 1.82) is 0 Å². The maximum Gasteiger partial charge on any atom is 0.472 e. The Morgan fingerprint density at radius 1 is 0.682 bits per heavy atom. The third kappa shape index (κ3) is 32.4. The van der Waals surface area contributed by atoms with Gasteiger partial charge in [-0.15, -0.1) is 0 Å². The normalized spacial score (nSPS) is 14.4. The monoisotopic (exact) mass is 646 g/mol. The summed E-state index contributed by atoms with van der Waals surface area (Å²) in [5.74, 6) is -0.330. The van der Waals surface area contributed by atoms with Crippen LogP contribution >= 0.6 is 7.82 Å². The summed E-state index contributed by atoms with van der Waals surface area (Å²) in [6.45, 7) is 5.48. The van der Waals surface area contributed by atoms with Crippen LogP contribution in [0.15, 0.2) is 24.3 Å². The first kappa shape index (κ1) is 43.0. The van der Waals surface area contributed by atoms with Gasteiger partial charge in [0.25, 0.3) is 0 Å². The molecule has 0 amide bonds. The molecule has 9 heteroatoms. The Kier molecular flexibility index (Phi) is 28.7. The molecule has 8 nitrogen and oxygen atoms in total. The van der Waals surface area contributed by atoms with Gasteiger partial charge in [-0.1, -0.05) is 102 Å². The van der Waals surface area contributed by atoms with E-state index < -0.39 is 13.9 Å². The zero-order valence-corrected chi connectivity index (χ0v) is 30.0. The van der Waals surface area contributed by atoms with Crippen molar-refractivity contribution in [2.75, 3.05) is 54.1 Å². The molecular weight excluding hydrogens is 577 g/mol. The Hall–Kier alpha value is -1.02. The highest BCUT2D eigenvalue weighted by atomic mass is 31.2. The molecule has 0 bridgehead atoms. The fourth-order valence-corrected chi connectivity index (χ4v) is 5.16. The average Bonchev–Trinajstić information content (AvgIpc) is 2.96. The average molecular weight is 647 g/mol. The quantitative estimate of drug-likeness (QED) is 0.0256. The minimum Gasteiger partial charge on any atom is -0.457 e. The summed E-state index contributed by atoms with van der Waals surface area (Å²) in [5, 5.41) is 0. The number of quaternary nitrogens is 1. The van der Waals surface area contributed by atoms with E-state index >= 15 is 0 Å². The lowest BCUT2D eigenvalue weighted by atomic mass is 10.1. The van der Waals surface area contributed by atoms with Gasteiger partial charge in [0.05, 0.1) is 34.4 Å². The fraction of sp³-hybridized carbons (Fsp3) is 0.857. The van der Waals surface area contributed by atoms with Crippen LogP contribution in [-0.4, -0.2) is 75.6 Å². The summed E-state index contributed by atoms with van der Waals surface area (Å²) in [6, 6.07) is 0. The molecule has 0 saturated carbocycles. The number of rotatable bonds is 32. The standard InChI is InChI=1S/C35H68NO7P/c1-6-8-10-12-14-16-18-19-21-23-25-27-30-40-32-34(33-42-44(38,39)41-31-29-36(3,4)5)43-35(37)28-26-24-22-20-17-15-13-11-9-7-2/h11-14,34H,6-10,15-33H2,1-5H3/p+1/b13-11-,14-12-. The molecule has 2 atom stereocenters. The highest BCUT2D eigenvalue weighted by Gasteiger charge is 2.26. The number of phosphoric acid groups is 1. The number of carbonyl (C=O) groups excluding carboxylic acids is 1. The first-order valence-electron chi connectivity index (χ1n) is 17.6. The molecule has 0 radical (unpaired) electrons. The highest BCUT2D eigenvalue weighted by molar-refractivity contribution is 7.47. The van der Waals surface area contributed by atoms with Gasteiger partial charge in [-0.25, -0.2) is 4.57 Å². The lowest BCUT2D eigenvalue weighted by Crippen LogP contribution is -2.37. The predicted octanol–water partition coefficient (Wildman–Crippen LogP) is 9.32. The topological polar surface area (TPSA) is 91.3 Å². The number of esters is 1. The molecule has 44 heavy (non-hydrogen) atoms. The zero-order valence-electron chi connectivity index (χ0n) is 29.1. The molecule has 2 unspecified atom stereocenters. The molecule has 0 fully saturated rings. The third-order valence-electron chi connectivity index (χ3n) is 7.22. The Morgan fingerprint density at radius 2 is 1.23 bits per heavy atom. The lowest BCUT2D eigenvalue weighted by Gasteiger charge is -2.24. The largest absolute Gasteiger partial charge is 0.472 e. The molecule has 0 saturated heterocycles. The van der Waals surface area contributed by atoms with Gasteiger partial charge >= 0.3 is 13.8 Å². The number of likely N-dealkylation sites (N-methyl/N-ethyl adjacent to an activating group) is 1. The fourth-order valence-electron chi connectivity index (χ4n) is 4.42. The summed E-state index contributed by atoms with van der Waals surface area (Å²) in [4.78, 5) is 22.6. The molecule has 0 aromatic rings. The molecule has 0 aliphatic heterocycles. The molecule has 0 aromatic carbocycles. The maximum absolute atomic E-state index is 12.5. The van der Waals surface area contributed by atoms with E-state index in [4.69, 9.17) is 18.5 Å². The molecule has 260 valence electrons. The SMILES string of the molecule is CCC/C=C\CCCCCCCC(=O)OC(COCCCCCCCC/C=C\CCCC)COP(=O)(O)OCC[N+](C)(C)C. The minimum atomic E-state index is -4.26. The molecule has 0 spiro atoms. The van der Waals surface area contributed by atoms with Gasteiger partial charge in [0, 0.05) is 13.0 Å². The van der Waals surface area contributed by atoms with E-state index in [-0.39, 0.29) is 25.8 Å². The van der Waals surface area contributed by atoms with Gasteiger partial charge in [-0.05, 0) is 51.4 Å². The van der Waals surface area contributed by atoms with Gasteiger partial charge in [-0.2, -0.15) is 0 Å². The summed E-state index contributed by atoms with van der Waals surface area (Å²) in [5.41, 5.74) is 0. The second kappa shape index (κ2) is 29.4. The van der Waals surface area contributed by atoms with E-state index in [1.54, 1.807) is 0 Å². The van der Waals surface area contributed by atoms with E-state index in [1.807, 2.05) is 21.1 Å². The Bertz CT molecular complexity index is 767. The predicted molar refractivity (Wildman–Crippen MR) is 183 cm³/mol. The molecular formula is C35H69NO7P+. The van der Waals surface area contributed by atoms with Crippen molar-refractivity contribution in [2.45, 2.75) is 142 Å².